The number of allylic oxidation sites excluding steroid dienone is 3. The van der Waals surface area contributed by atoms with Gasteiger partial charge in [-0.3, -0.25) is 9.59 Å². The first-order valence-electron chi connectivity index (χ1n) is 10.3. The molecule has 0 spiro atoms. The minimum absolute atomic E-state index is 0.0341. The molecule has 0 fully saturated rings. The first-order valence-corrected chi connectivity index (χ1v) is 11.5. The van der Waals surface area contributed by atoms with Gasteiger partial charge in [0.2, 0.25) is 5.91 Å². The van der Waals surface area contributed by atoms with Crippen molar-refractivity contribution in [2.45, 2.75) is 32.6 Å². The molecule has 2 N–H and O–H groups in total. The first kappa shape index (κ1) is 30.5. The summed E-state index contributed by atoms with van der Waals surface area (Å²) in [4.78, 5) is 24.3. The van der Waals surface area contributed by atoms with Gasteiger partial charge in [-0.05, 0) is 55.7 Å². The van der Waals surface area contributed by atoms with Crippen molar-refractivity contribution in [2.24, 2.45) is 0 Å². The summed E-state index contributed by atoms with van der Waals surface area (Å²) in [6, 6.07) is 7.70. The number of carbonyl (C=O) groups is 2. The zero-order valence-corrected chi connectivity index (χ0v) is 21.4. The molecule has 200 valence electrons. The molecule has 4 nitrogen and oxygen atoms in total. The van der Waals surface area contributed by atoms with Gasteiger partial charge in [0.1, 0.15) is 6.54 Å². The Labute approximate surface area is 223 Å². The quantitative estimate of drug-likeness (QED) is 0.200. The van der Waals surface area contributed by atoms with Crippen LogP contribution in [-0.2, 0) is 11.2 Å². The van der Waals surface area contributed by atoms with Gasteiger partial charge >= 0.3 is 12.4 Å². The Kier molecular flexibility index (Phi) is 10.1. The van der Waals surface area contributed by atoms with Crippen LogP contribution in [0.5, 0.6) is 0 Å². The highest BCUT2D eigenvalue weighted by atomic mass is 35.5. The molecular formula is C24H19Cl3F6N2O2. The van der Waals surface area contributed by atoms with Crippen molar-refractivity contribution in [3.63, 3.8) is 0 Å². The summed E-state index contributed by atoms with van der Waals surface area (Å²) in [6.07, 6.45) is -8.50. The molecule has 0 aliphatic carbocycles. The maximum atomic E-state index is 13.7. The van der Waals surface area contributed by atoms with Crippen molar-refractivity contribution in [3.05, 3.63) is 85.5 Å². The third kappa shape index (κ3) is 8.98. The molecule has 0 unspecified atom stereocenters. The largest absolute Gasteiger partial charge is 0.416 e. The molecule has 2 rings (SSSR count). The van der Waals surface area contributed by atoms with Crippen LogP contribution in [0.4, 0.5) is 26.3 Å². The number of amides is 2. The molecule has 2 amide bonds. The smallest absolute Gasteiger partial charge is 0.343 e. The van der Waals surface area contributed by atoms with Crippen LogP contribution >= 0.6 is 34.8 Å². The van der Waals surface area contributed by atoms with Crippen LogP contribution in [0, 0.1) is 0 Å². The predicted octanol–water partition coefficient (Wildman–Crippen LogP) is 7.54. The van der Waals surface area contributed by atoms with E-state index in [0.29, 0.717) is 5.56 Å². The van der Waals surface area contributed by atoms with Gasteiger partial charge in [-0.1, -0.05) is 53.0 Å². The minimum Gasteiger partial charge on any atom is -0.343 e. The van der Waals surface area contributed by atoms with Crippen molar-refractivity contribution in [1.29, 1.82) is 0 Å². The number of hydrogen-bond acceptors (Lipinski definition) is 2. The Balaban J connectivity index is 2.16. The lowest BCUT2D eigenvalue weighted by molar-refractivity contribution is -0.136. The molecular weight excluding hydrogens is 569 g/mol. The molecule has 0 bridgehead atoms. The average molecular weight is 588 g/mol. The van der Waals surface area contributed by atoms with Crippen molar-refractivity contribution < 1.29 is 35.9 Å². The van der Waals surface area contributed by atoms with Crippen molar-refractivity contribution in [1.82, 2.24) is 10.6 Å². The first-order chi connectivity index (χ1) is 17.0. The molecule has 2 aromatic rings. The van der Waals surface area contributed by atoms with Gasteiger partial charge in [-0.15, -0.1) is 0 Å². The summed E-state index contributed by atoms with van der Waals surface area (Å²) in [5.41, 5.74) is -0.773. The summed E-state index contributed by atoms with van der Waals surface area (Å²) >= 11 is 17.5. The molecule has 0 atom stereocenters. The Morgan fingerprint density at radius 3 is 1.92 bits per heavy atom. The number of alkyl halides is 6. The fourth-order valence-electron chi connectivity index (χ4n) is 2.94. The minimum atomic E-state index is -4.71. The molecule has 0 aliphatic heterocycles. The van der Waals surface area contributed by atoms with E-state index < -0.39 is 36.3 Å². The number of benzene rings is 2. The Morgan fingerprint density at radius 1 is 0.892 bits per heavy atom. The molecule has 37 heavy (non-hydrogen) atoms. The van der Waals surface area contributed by atoms with Gasteiger partial charge in [-0.25, -0.2) is 0 Å². The third-order valence-electron chi connectivity index (χ3n) is 5.01. The van der Waals surface area contributed by atoms with E-state index in [4.69, 9.17) is 34.8 Å². The van der Waals surface area contributed by atoms with E-state index in [1.807, 2.05) is 0 Å². The van der Waals surface area contributed by atoms with E-state index in [-0.39, 0.29) is 43.9 Å². The van der Waals surface area contributed by atoms with Crippen LogP contribution in [0.3, 0.4) is 0 Å². The van der Waals surface area contributed by atoms with Crippen LogP contribution in [0.1, 0.15) is 35.3 Å². The van der Waals surface area contributed by atoms with Crippen molar-refractivity contribution in [2.75, 3.05) is 6.54 Å². The van der Waals surface area contributed by atoms with Gasteiger partial charge in [0, 0.05) is 16.8 Å². The zero-order valence-electron chi connectivity index (χ0n) is 19.2. The summed E-state index contributed by atoms with van der Waals surface area (Å²) in [5.74, 6) is -1.66. The number of hydrogen-bond donors (Lipinski definition) is 2. The lowest BCUT2D eigenvalue weighted by atomic mass is 10.0. The van der Waals surface area contributed by atoms with E-state index in [0.717, 1.165) is 18.2 Å². The maximum Gasteiger partial charge on any atom is 0.416 e. The van der Waals surface area contributed by atoms with Crippen molar-refractivity contribution >= 4 is 52.2 Å². The van der Waals surface area contributed by atoms with E-state index >= 15 is 0 Å². The van der Waals surface area contributed by atoms with Crippen LogP contribution in [0.15, 0.2) is 53.7 Å². The Bertz CT molecular complexity index is 1210. The molecule has 0 heterocycles. The van der Waals surface area contributed by atoms with Crippen LogP contribution in [-0.4, -0.2) is 30.7 Å². The molecule has 0 saturated heterocycles. The topological polar surface area (TPSA) is 58.2 Å². The van der Waals surface area contributed by atoms with E-state index in [2.05, 4.69) is 5.32 Å². The SMILES string of the molecule is CC(NC(=O)c1ccc(CC=C(c2cc(Cl)c(Cl)c(Cl)c2)C(F)(F)F)cc1)=C(C)C(=O)NCC(F)(F)F. The summed E-state index contributed by atoms with van der Waals surface area (Å²) in [6.45, 7) is 1.07. The lowest BCUT2D eigenvalue weighted by Crippen LogP contribution is -2.35. The van der Waals surface area contributed by atoms with Gasteiger partial charge in [0.05, 0.1) is 20.6 Å². The number of rotatable bonds is 7. The molecule has 2 aromatic carbocycles. The lowest BCUT2D eigenvalue weighted by Gasteiger charge is -2.14. The summed E-state index contributed by atoms with van der Waals surface area (Å²) < 4.78 is 77.8. The highest BCUT2D eigenvalue weighted by Gasteiger charge is 2.35. The average Bonchev–Trinajstić information content (AvgIpc) is 2.79. The standard InChI is InChI=1S/C24H19Cl3F6N2O2/c1-12(21(36)34-11-23(28,29)30)13(2)35-22(37)15-6-3-14(4-7-15)5-8-17(24(31,32)33)16-9-18(25)20(27)19(26)10-16/h3-4,6-10H,5,11H2,1-2H3,(H,34,36)(H,35,37). The fourth-order valence-corrected chi connectivity index (χ4v) is 3.54. The zero-order chi connectivity index (χ0) is 28.1. The molecule has 0 aromatic heterocycles. The highest BCUT2D eigenvalue weighted by Crippen LogP contribution is 2.39. The summed E-state index contributed by atoms with van der Waals surface area (Å²) in [7, 11) is 0. The molecule has 0 saturated carbocycles. The predicted molar refractivity (Wildman–Crippen MR) is 131 cm³/mol. The van der Waals surface area contributed by atoms with E-state index in [1.165, 1.54) is 38.1 Å². The van der Waals surface area contributed by atoms with E-state index in [9.17, 15) is 35.9 Å². The van der Waals surface area contributed by atoms with Crippen LogP contribution in [0.25, 0.3) is 5.57 Å². The Hall–Kier alpha value is -2.69. The number of carbonyl (C=O) groups excluding carboxylic acids is 2. The fraction of sp³-hybridized carbons (Fsp3) is 0.250. The highest BCUT2D eigenvalue weighted by molar-refractivity contribution is 6.48. The molecule has 0 radical (unpaired) electrons. The summed E-state index contributed by atoms with van der Waals surface area (Å²) in [5, 5.41) is 3.77. The monoisotopic (exact) mass is 586 g/mol. The molecule has 13 heteroatoms. The van der Waals surface area contributed by atoms with Gasteiger partial charge in [0.25, 0.3) is 5.91 Å². The van der Waals surface area contributed by atoms with Gasteiger partial charge in [-0.2, -0.15) is 26.3 Å². The second kappa shape index (κ2) is 12.2. The third-order valence-corrected chi connectivity index (χ3v) is 6.21. The second-order valence-corrected chi connectivity index (χ2v) is 8.96. The van der Waals surface area contributed by atoms with Crippen molar-refractivity contribution in [3.8, 4) is 0 Å². The van der Waals surface area contributed by atoms with Crippen LogP contribution in [0.2, 0.25) is 15.1 Å². The van der Waals surface area contributed by atoms with Gasteiger partial charge < -0.3 is 10.6 Å². The van der Waals surface area contributed by atoms with Gasteiger partial charge in [0.15, 0.2) is 0 Å². The molecule has 0 aliphatic rings. The number of halogens is 9. The maximum absolute atomic E-state index is 13.7. The second-order valence-electron chi connectivity index (χ2n) is 7.77. The van der Waals surface area contributed by atoms with E-state index in [1.54, 1.807) is 5.32 Å². The normalized spacial score (nSPS) is 13.2. The number of nitrogens with one attached hydrogen (secondary N) is 2. The van der Waals surface area contributed by atoms with Crippen LogP contribution < -0.4 is 10.6 Å². The Morgan fingerprint density at radius 2 is 1.43 bits per heavy atom.